The number of hydrogen-bond donors (Lipinski definition) is 0. The highest BCUT2D eigenvalue weighted by Gasteiger charge is 2.31. The van der Waals surface area contributed by atoms with E-state index >= 15 is 0 Å². The molecule has 2 rings (SSSR count). The van der Waals surface area contributed by atoms with Gasteiger partial charge in [-0.25, -0.2) is 9.78 Å². The monoisotopic (exact) mass is 306 g/mol. The summed E-state index contributed by atoms with van der Waals surface area (Å²) in [4.78, 5) is 29.6. The van der Waals surface area contributed by atoms with Gasteiger partial charge in [0, 0.05) is 25.4 Å². The van der Waals surface area contributed by atoms with Crippen molar-refractivity contribution in [2.75, 3.05) is 13.1 Å². The molecule has 1 fully saturated rings. The number of pyridine rings is 1. The van der Waals surface area contributed by atoms with Gasteiger partial charge in [-0.1, -0.05) is 6.07 Å². The molecule has 1 saturated heterocycles. The van der Waals surface area contributed by atoms with Crippen LogP contribution < -0.4 is 4.74 Å². The first-order chi connectivity index (χ1) is 10.3. The number of likely N-dealkylation sites (tertiary alicyclic amines) is 1. The van der Waals surface area contributed by atoms with Crippen LogP contribution in [0, 0.1) is 5.92 Å². The summed E-state index contributed by atoms with van der Waals surface area (Å²) in [5, 5.41) is 0. The summed E-state index contributed by atoms with van der Waals surface area (Å²) in [5.74, 6) is -0.190. The van der Waals surface area contributed by atoms with Gasteiger partial charge in [-0.3, -0.25) is 4.79 Å². The first-order valence-corrected chi connectivity index (χ1v) is 7.46. The molecule has 1 amide bonds. The fourth-order valence-electron chi connectivity index (χ4n) is 2.22. The number of nitrogens with zero attached hydrogens (tertiary/aromatic N) is 2. The van der Waals surface area contributed by atoms with Gasteiger partial charge in [0.15, 0.2) is 0 Å². The van der Waals surface area contributed by atoms with Crippen LogP contribution in [-0.4, -0.2) is 40.6 Å². The van der Waals surface area contributed by atoms with Crippen molar-refractivity contribution in [1.82, 2.24) is 9.88 Å². The molecule has 0 aromatic carbocycles. The molecule has 2 heterocycles. The van der Waals surface area contributed by atoms with Crippen molar-refractivity contribution >= 4 is 12.1 Å². The average molecular weight is 306 g/mol. The molecule has 0 aliphatic carbocycles. The molecule has 1 aliphatic heterocycles. The second-order valence-electron chi connectivity index (χ2n) is 6.33. The standard InChI is InChI=1S/C16H22N2O4/c1-16(2,3)22-15(20)18-10-7-12(8-11-18)14(19)21-13-6-4-5-9-17-13/h4-6,9,12H,7-8,10-11H2,1-3H3. The Morgan fingerprint density at radius 1 is 1.23 bits per heavy atom. The van der Waals surface area contributed by atoms with Crippen molar-refractivity contribution in [2.24, 2.45) is 5.92 Å². The summed E-state index contributed by atoms with van der Waals surface area (Å²) in [6, 6.07) is 5.17. The summed E-state index contributed by atoms with van der Waals surface area (Å²) in [7, 11) is 0. The van der Waals surface area contributed by atoms with Crippen LogP contribution in [0.4, 0.5) is 4.79 Å². The number of hydrogen-bond acceptors (Lipinski definition) is 5. The van der Waals surface area contributed by atoms with E-state index in [2.05, 4.69) is 4.98 Å². The third kappa shape index (κ3) is 4.72. The maximum Gasteiger partial charge on any atom is 0.410 e. The number of aromatic nitrogens is 1. The van der Waals surface area contributed by atoms with Crippen LogP contribution in [0.3, 0.4) is 0 Å². The minimum absolute atomic E-state index is 0.208. The zero-order valence-electron chi connectivity index (χ0n) is 13.2. The minimum Gasteiger partial charge on any atom is -0.444 e. The van der Waals surface area contributed by atoms with Crippen LogP contribution >= 0.6 is 0 Å². The fraction of sp³-hybridized carbons (Fsp3) is 0.562. The van der Waals surface area contributed by atoms with Crippen molar-refractivity contribution in [1.29, 1.82) is 0 Å². The normalized spacial score (nSPS) is 16.2. The Bertz CT molecular complexity index is 517. The highest BCUT2D eigenvalue weighted by Crippen LogP contribution is 2.21. The second kappa shape index (κ2) is 6.77. The van der Waals surface area contributed by atoms with Gasteiger partial charge in [-0.05, 0) is 39.7 Å². The van der Waals surface area contributed by atoms with Gasteiger partial charge < -0.3 is 14.4 Å². The van der Waals surface area contributed by atoms with Crippen LogP contribution in [0.5, 0.6) is 5.88 Å². The molecule has 6 nitrogen and oxygen atoms in total. The third-order valence-corrected chi connectivity index (χ3v) is 3.32. The zero-order valence-corrected chi connectivity index (χ0v) is 13.2. The van der Waals surface area contributed by atoms with Crippen molar-refractivity contribution in [3.05, 3.63) is 24.4 Å². The van der Waals surface area contributed by atoms with Crippen LogP contribution in [-0.2, 0) is 9.53 Å². The van der Waals surface area contributed by atoms with Crippen molar-refractivity contribution in [3.8, 4) is 5.88 Å². The number of esters is 1. The summed E-state index contributed by atoms with van der Waals surface area (Å²) in [5.41, 5.74) is -0.508. The van der Waals surface area contributed by atoms with Crippen LogP contribution in [0.25, 0.3) is 0 Å². The molecule has 6 heteroatoms. The Labute approximate surface area is 130 Å². The predicted octanol–water partition coefficient (Wildman–Crippen LogP) is 2.63. The van der Waals surface area contributed by atoms with Crippen LogP contribution in [0.15, 0.2) is 24.4 Å². The summed E-state index contributed by atoms with van der Waals surface area (Å²) in [6.45, 7) is 6.50. The van der Waals surface area contributed by atoms with E-state index < -0.39 is 5.60 Å². The zero-order chi connectivity index (χ0) is 16.2. The lowest BCUT2D eigenvalue weighted by Gasteiger charge is -2.32. The molecule has 1 aliphatic rings. The Hall–Kier alpha value is -2.11. The number of rotatable bonds is 2. The molecule has 0 unspecified atom stereocenters. The molecular weight excluding hydrogens is 284 g/mol. The van der Waals surface area contributed by atoms with Crippen LogP contribution in [0.1, 0.15) is 33.6 Å². The maximum absolute atomic E-state index is 12.1. The number of ether oxygens (including phenoxy) is 2. The van der Waals surface area contributed by atoms with Gasteiger partial charge in [0.25, 0.3) is 0 Å². The third-order valence-electron chi connectivity index (χ3n) is 3.32. The van der Waals surface area contributed by atoms with Gasteiger partial charge in [-0.15, -0.1) is 0 Å². The molecule has 120 valence electrons. The molecular formula is C16H22N2O4. The van der Waals surface area contributed by atoms with Gasteiger partial charge >= 0.3 is 12.1 Å². The quantitative estimate of drug-likeness (QED) is 0.786. The number of amides is 1. The van der Waals surface area contributed by atoms with Gasteiger partial charge in [0.05, 0.1) is 5.92 Å². The molecule has 0 saturated carbocycles. The summed E-state index contributed by atoms with van der Waals surface area (Å²) in [6.07, 6.45) is 2.40. The lowest BCUT2D eigenvalue weighted by atomic mass is 9.97. The molecule has 0 atom stereocenters. The lowest BCUT2D eigenvalue weighted by molar-refractivity contribution is -0.140. The van der Waals surface area contributed by atoms with E-state index in [0.29, 0.717) is 31.8 Å². The maximum atomic E-state index is 12.1. The number of piperidine rings is 1. The van der Waals surface area contributed by atoms with Crippen LogP contribution in [0.2, 0.25) is 0 Å². The SMILES string of the molecule is CC(C)(C)OC(=O)N1CCC(C(=O)Oc2ccccn2)CC1. The van der Waals surface area contributed by atoms with Gasteiger partial charge in [0.1, 0.15) is 5.60 Å². The second-order valence-corrected chi connectivity index (χ2v) is 6.33. The average Bonchev–Trinajstić information content (AvgIpc) is 2.46. The van der Waals surface area contributed by atoms with E-state index in [1.54, 1.807) is 29.3 Å². The van der Waals surface area contributed by atoms with Crippen molar-refractivity contribution < 1.29 is 19.1 Å². The smallest absolute Gasteiger partial charge is 0.410 e. The predicted molar refractivity (Wildman–Crippen MR) is 80.4 cm³/mol. The molecule has 0 radical (unpaired) electrons. The van der Waals surface area contributed by atoms with Crippen molar-refractivity contribution in [3.63, 3.8) is 0 Å². The molecule has 0 N–H and O–H groups in total. The van der Waals surface area contributed by atoms with E-state index in [4.69, 9.17) is 9.47 Å². The van der Waals surface area contributed by atoms with Crippen molar-refractivity contribution in [2.45, 2.75) is 39.2 Å². The lowest BCUT2D eigenvalue weighted by Crippen LogP contribution is -2.43. The minimum atomic E-state index is -0.508. The fourth-order valence-corrected chi connectivity index (χ4v) is 2.22. The Morgan fingerprint density at radius 3 is 2.45 bits per heavy atom. The van der Waals surface area contributed by atoms with E-state index in [1.807, 2.05) is 20.8 Å². The molecule has 1 aromatic heterocycles. The van der Waals surface area contributed by atoms with E-state index in [1.165, 1.54) is 0 Å². The Kier molecular flexibility index (Phi) is 5.00. The Morgan fingerprint density at radius 2 is 1.91 bits per heavy atom. The van der Waals surface area contributed by atoms with E-state index in [0.717, 1.165) is 0 Å². The largest absolute Gasteiger partial charge is 0.444 e. The first kappa shape index (κ1) is 16.3. The molecule has 0 spiro atoms. The molecule has 1 aromatic rings. The molecule has 0 bridgehead atoms. The number of carbonyl (C=O) groups is 2. The number of carbonyl (C=O) groups excluding carboxylic acids is 2. The summed E-state index contributed by atoms with van der Waals surface area (Å²) < 4.78 is 10.6. The van der Waals surface area contributed by atoms with E-state index in [9.17, 15) is 9.59 Å². The summed E-state index contributed by atoms with van der Waals surface area (Å²) >= 11 is 0. The highest BCUT2D eigenvalue weighted by atomic mass is 16.6. The highest BCUT2D eigenvalue weighted by molar-refractivity contribution is 5.75. The molecule has 22 heavy (non-hydrogen) atoms. The van der Waals surface area contributed by atoms with E-state index in [-0.39, 0.29) is 18.0 Å². The topological polar surface area (TPSA) is 68.7 Å². The Balaban J connectivity index is 1.82. The van der Waals surface area contributed by atoms with Gasteiger partial charge in [0.2, 0.25) is 5.88 Å². The first-order valence-electron chi connectivity index (χ1n) is 7.46. The van der Waals surface area contributed by atoms with Gasteiger partial charge in [-0.2, -0.15) is 0 Å².